The first-order valence-corrected chi connectivity index (χ1v) is 6.89. The van der Waals surface area contributed by atoms with E-state index in [-0.39, 0.29) is 0 Å². The number of hydrogen-bond acceptors (Lipinski definition) is 2. The molecule has 0 heterocycles. The van der Waals surface area contributed by atoms with Crippen LogP contribution in [0.4, 0.5) is 11.4 Å². The van der Waals surface area contributed by atoms with Gasteiger partial charge in [-0.05, 0) is 31.4 Å². The molecule has 1 aromatic carbocycles. The van der Waals surface area contributed by atoms with Crippen molar-refractivity contribution >= 4 is 11.4 Å². The van der Waals surface area contributed by atoms with Crippen molar-refractivity contribution in [2.45, 2.75) is 57.9 Å². The van der Waals surface area contributed by atoms with Gasteiger partial charge in [0.05, 0.1) is 11.4 Å². The van der Waals surface area contributed by atoms with E-state index in [1.54, 1.807) is 0 Å². The molecule has 0 amide bonds. The van der Waals surface area contributed by atoms with Crippen LogP contribution in [0.5, 0.6) is 0 Å². The highest BCUT2D eigenvalue weighted by Crippen LogP contribution is 2.26. The Morgan fingerprint density at radius 3 is 2.35 bits per heavy atom. The van der Waals surface area contributed by atoms with Crippen LogP contribution in [0.15, 0.2) is 18.2 Å². The summed E-state index contributed by atoms with van der Waals surface area (Å²) in [5, 5.41) is 3.66. The van der Waals surface area contributed by atoms with Gasteiger partial charge in [0.2, 0.25) is 0 Å². The largest absolute Gasteiger partial charge is 0.397 e. The molecule has 1 fully saturated rings. The average Bonchev–Trinajstić information content (AvgIpc) is 2.26. The Labute approximate surface area is 105 Å². The molecule has 2 rings (SSSR count). The maximum Gasteiger partial charge on any atom is 0.0605 e. The number of anilines is 2. The minimum atomic E-state index is 0.610. The van der Waals surface area contributed by atoms with E-state index in [9.17, 15) is 0 Å². The summed E-state index contributed by atoms with van der Waals surface area (Å²) in [6, 6.07) is 6.74. The normalized spacial score (nSPS) is 18.4. The van der Waals surface area contributed by atoms with Gasteiger partial charge in [0.1, 0.15) is 0 Å². The van der Waals surface area contributed by atoms with E-state index in [1.165, 1.54) is 50.5 Å². The van der Waals surface area contributed by atoms with Crippen LogP contribution in [0, 0.1) is 6.92 Å². The quantitative estimate of drug-likeness (QED) is 0.753. The molecule has 0 aromatic heterocycles. The van der Waals surface area contributed by atoms with E-state index in [0.29, 0.717) is 6.04 Å². The van der Waals surface area contributed by atoms with Crippen LogP contribution >= 0.6 is 0 Å². The minimum Gasteiger partial charge on any atom is -0.397 e. The maximum absolute atomic E-state index is 6.05. The predicted octanol–water partition coefficient (Wildman–Crippen LogP) is 4.10. The fraction of sp³-hybridized carbons (Fsp3) is 0.600. The first kappa shape index (κ1) is 12.3. The lowest BCUT2D eigenvalue weighted by Gasteiger charge is -2.24. The van der Waals surface area contributed by atoms with Gasteiger partial charge in [-0.3, -0.25) is 0 Å². The van der Waals surface area contributed by atoms with E-state index >= 15 is 0 Å². The molecular formula is C15H24N2. The lowest BCUT2D eigenvalue weighted by molar-refractivity contribution is 0.471. The maximum atomic E-state index is 6.05. The van der Waals surface area contributed by atoms with Gasteiger partial charge >= 0.3 is 0 Å². The topological polar surface area (TPSA) is 38.0 Å². The molecule has 0 atom stereocenters. The van der Waals surface area contributed by atoms with Crippen molar-refractivity contribution in [1.29, 1.82) is 0 Å². The standard InChI is InChI=1S/C15H24N2/c1-12-8-7-11-14(16)15(12)17-13-9-5-3-2-4-6-10-13/h7-8,11,13,17H,2-6,9-10,16H2,1H3. The molecular weight excluding hydrogens is 208 g/mol. The Morgan fingerprint density at radius 2 is 1.71 bits per heavy atom. The van der Waals surface area contributed by atoms with Crippen LogP contribution in [0.1, 0.15) is 50.5 Å². The molecule has 1 aromatic rings. The molecule has 1 aliphatic rings. The molecule has 0 spiro atoms. The highest BCUT2D eigenvalue weighted by molar-refractivity contribution is 5.70. The molecule has 94 valence electrons. The number of nitrogens with one attached hydrogen (secondary N) is 1. The number of nitrogens with two attached hydrogens (primary N) is 1. The molecule has 2 heteroatoms. The summed E-state index contributed by atoms with van der Waals surface area (Å²) in [6.07, 6.45) is 9.47. The first-order chi connectivity index (χ1) is 8.27. The van der Waals surface area contributed by atoms with Crippen molar-refractivity contribution in [3.05, 3.63) is 23.8 Å². The number of hydrogen-bond donors (Lipinski definition) is 2. The monoisotopic (exact) mass is 232 g/mol. The van der Waals surface area contributed by atoms with E-state index in [2.05, 4.69) is 18.3 Å². The van der Waals surface area contributed by atoms with Crippen molar-refractivity contribution in [3.63, 3.8) is 0 Å². The van der Waals surface area contributed by atoms with E-state index in [0.717, 1.165) is 11.4 Å². The Hall–Kier alpha value is -1.18. The van der Waals surface area contributed by atoms with Gasteiger partial charge in [-0.2, -0.15) is 0 Å². The van der Waals surface area contributed by atoms with E-state index in [4.69, 9.17) is 5.73 Å². The summed E-state index contributed by atoms with van der Waals surface area (Å²) in [5.41, 5.74) is 9.34. The van der Waals surface area contributed by atoms with Gasteiger partial charge in [0.25, 0.3) is 0 Å². The Balaban J connectivity index is 2.03. The number of aryl methyl sites for hydroxylation is 1. The van der Waals surface area contributed by atoms with E-state index < -0.39 is 0 Å². The third-order valence-corrected chi connectivity index (χ3v) is 3.76. The Morgan fingerprint density at radius 1 is 1.06 bits per heavy atom. The van der Waals surface area contributed by atoms with Crippen molar-refractivity contribution in [3.8, 4) is 0 Å². The van der Waals surface area contributed by atoms with Gasteiger partial charge in [-0.15, -0.1) is 0 Å². The highest BCUT2D eigenvalue weighted by atomic mass is 14.9. The molecule has 3 N–H and O–H groups in total. The molecule has 2 nitrogen and oxygen atoms in total. The molecule has 17 heavy (non-hydrogen) atoms. The average molecular weight is 232 g/mol. The van der Waals surface area contributed by atoms with Crippen LogP contribution < -0.4 is 11.1 Å². The second-order valence-corrected chi connectivity index (χ2v) is 5.23. The summed E-state index contributed by atoms with van der Waals surface area (Å²) in [6.45, 7) is 2.13. The molecule has 0 saturated heterocycles. The summed E-state index contributed by atoms with van der Waals surface area (Å²) in [7, 11) is 0. The van der Waals surface area contributed by atoms with Crippen molar-refractivity contribution < 1.29 is 0 Å². The zero-order valence-electron chi connectivity index (χ0n) is 10.8. The molecule has 0 unspecified atom stereocenters. The summed E-state index contributed by atoms with van der Waals surface area (Å²) < 4.78 is 0. The predicted molar refractivity (Wildman–Crippen MR) is 75.3 cm³/mol. The molecule has 0 radical (unpaired) electrons. The molecule has 0 aliphatic heterocycles. The number of rotatable bonds is 2. The second kappa shape index (κ2) is 5.95. The van der Waals surface area contributed by atoms with E-state index in [1.807, 2.05) is 12.1 Å². The fourth-order valence-corrected chi connectivity index (χ4v) is 2.69. The summed E-state index contributed by atoms with van der Waals surface area (Å²) in [4.78, 5) is 0. The van der Waals surface area contributed by atoms with Gasteiger partial charge in [0.15, 0.2) is 0 Å². The van der Waals surface area contributed by atoms with Gasteiger partial charge in [-0.25, -0.2) is 0 Å². The Kier molecular flexibility index (Phi) is 4.29. The minimum absolute atomic E-state index is 0.610. The molecule has 0 bridgehead atoms. The van der Waals surface area contributed by atoms with Crippen LogP contribution in [0.2, 0.25) is 0 Å². The van der Waals surface area contributed by atoms with Crippen LogP contribution in [0.25, 0.3) is 0 Å². The zero-order chi connectivity index (χ0) is 12.1. The SMILES string of the molecule is Cc1cccc(N)c1NC1CCCCCCC1. The van der Waals surface area contributed by atoms with Crippen molar-refractivity contribution in [1.82, 2.24) is 0 Å². The zero-order valence-corrected chi connectivity index (χ0v) is 10.8. The first-order valence-electron chi connectivity index (χ1n) is 6.89. The second-order valence-electron chi connectivity index (χ2n) is 5.23. The summed E-state index contributed by atoms with van der Waals surface area (Å²) >= 11 is 0. The fourth-order valence-electron chi connectivity index (χ4n) is 2.69. The van der Waals surface area contributed by atoms with Gasteiger partial charge in [0, 0.05) is 6.04 Å². The van der Waals surface area contributed by atoms with Gasteiger partial charge < -0.3 is 11.1 Å². The highest BCUT2D eigenvalue weighted by Gasteiger charge is 2.13. The number of nitrogen functional groups attached to an aromatic ring is 1. The number of benzene rings is 1. The van der Waals surface area contributed by atoms with Crippen LogP contribution in [-0.2, 0) is 0 Å². The third-order valence-electron chi connectivity index (χ3n) is 3.76. The lowest BCUT2D eigenvalue weighted by Crippen LogP contribution is -2.21. The van der Waals surface area contributed by atoms with Crippen LogP contribution in [-0.4, -0.2) is 6.04 Å². The third kappa shape index (κ3) is 3.39. The van der Waals surface area contributed by atoms with Gasteiger partial charge in [-0.1, -0.05) is 44.2 Å². The summed E-state index contributed by atoms with van der Waals surface area (Å²) in [5.74, 6) is 0. The Bertz CT molecular complexity index is 332. The van der Waals surface area contributed by atoms with Crippen LogP contribution in [0.3, 0.4) is 0 Å². The van der Waals surface area contributed by atoms with Crippen molar-refractivity contribution in [2.75, 3.05) is 11.1 Å². The smallest absolute Gasteiger partial charge is 0.0605 e. The van der Waals surface area contributed by atoms with Crippen molar-refractivity contribution in [2.24, 2.45) is 0 Å². The lowest BCUT2D eigenvalue weighted by atomic mass is 9.96. The number of para-hydroxylation sites is 1. The molecule has 1 aliphatic carbocycles. The molecule has 1 saturated carbocycles.